The van der Waals surface area contributed by atoms with Crippen LogP contribution in [0, 0.1) is 5.82 Å². The molecule has 1 atom stereocenters. The second kappa shape index (κ2) is 6.14. The third kappa shape index (κ3) is 3.00. The minimum Gasteiger partial charge on any atom is -0.494 e. The van der Waals surface area contributed by atoms with Crippen LogP contribution < -0.4 is 10.1 Å². The zero-order valence-electron chi connectivity index (χ0n) is 11.9. The Bertz CT molecular complexity index is 630. The molecule has 0 saturated heterocycles. The molecule has 4 heteroatoms. The van der Waals surface area contributed by atoms with Crippen molar-refractivity contribution in [2.45, 2.75) is 12.5 Å². The van der Waals surface area contributed by atoms with Crippen LogP contribution >= 0.6 is 0 Å². The summed E-state index contributed by atoms with van der Waals surface area (Å²) in [5.41, 5.74) is 3.32. The van der Waals surface area contributed by atoms with E-state index in [9.17, 15) is 4.39 Å². The van der Waals surface area contributed by atoms with E-state index >= 15 is 0 Å². The van der Waals surface area contributed by atoms with Gasteiger partial charge in [-0.15, -0.1) is 0 Å². The third-order valence-corrected chi connectivity index (χ3v) is 3.73. The van der Waals surface area contributed by atoms with Gasteiger partial charge in [-0.2, -0.15) is 0 Å². The van der Waals surface area contributed by atoms with Crippen LogP contribution in [-0.4, -0.2) is 20.3 Å². The molecular formula is C17H18FNO2. The summed E-state index contributed by atoms with van der Waals surface area (Å²) in [7, 11) is 1.53. The highest BCUT2D eigenvalue weighted by atomic mass is 19.1. The van der Waals surface area contributed by atoms with E-state index in [1.54, 1.807) is 6.07 Å². The number of halogens is 1. The summed E-state index contributed by atoms with van der Waals surface area (Å²) >= 11 is 0. The first-order valence-electron chi connectivity index (χ1n) is 7.05. The number of methoxy groups -OCH3 is 1. The molecule has 2 aromatic carbocycles. The highest BCUT2D eigenvalue weighted by Crippen LogP contribution is 2.29. The number of hydrogen-bond donors (Lipinski definition) is 1. The van der Waals surface area contributed by atoms with E-state index in [2.05, 4.69) is 23.5 Å². The van der Waals surface area contributed by atoms with E-state index in [0.29, 0.717) is 12.3 Å². The van der Waals surface area contributed by atoms with Crippen LogP contribution in [-0.2, 0) is 11.2 Å². The van der Waals surface area contributed by atoms with E-state index in [0.717, 1.165) is 18.7 Å². The van der Waals surface area contributed by atoms with Gasteiger partial charge in [0.1, 0.15) is 11.6 Å². The average molecular weight is 287 g/mol. The minimum atomic E-state index is -0.309. The zero-order chi connectivity index (χ0) is 14.7. The lowest BCUT2D eigenvalue weighted by atomic mass is 9.97. The molecule has 1 N–H and O–H groups in total. The predicted molar refractivity (Wildman–Crippen MR) is 80.3 cm³/mol. The molecule has 110 valence electrons. The normalized spacial score (nSPS) is 17.1. The second-order valence-corrected chi connectivity index (χ2v) is 5.03. The number of hydrogen-bond acceptors (Lipinski definition) is 3. The highest BCUT2D eigenvalue weighted by Gasteiger charge is 2.20. The van der Waals surface area contributed by atoms with Crippen LogP contribution in [0.1, 0.15) is 17.2 Å². The van der Waals surface area contributed by atoms with Crippen LogP contribution in [0.2, 0.25) is 0 Å². The maximum absolute atomic E-state index is 13.2. The van der Waals surface area contributed by atoms with Crippen LogP contribution in [0.5, 0.6) is 5.75 Å². The molecule has 0 fully saturated rings. The molecule has 0 aliphatic carbocycles. The molecule has 3 rings (SSSR count). The summed E-state index contributed by atoms with van der Waals surface area (Å²) in [6.07, 6.45) is 0.955. The number of nitrogens with one attached hydrogen (secondary N) is 1. The third-order valence-electron chi connectivity index (χ3n) is 3.73. The molecule has 0 aromatic heterocycles. The molecule has 0 bridgehead atoms. The fraction of sp³-hybridized carbons (Fsp3) is 0.294. The molecule has 0 amide bonds. The van der Waals surface area contributed by atoms with Crippen molar-refractivity contribution < 1.29 is 13.9 Å². The monoisotopic (exact) mass is 287 g/mol. The molecular weight excluding hydrogens is 269 g/mol. The first kappa shape index (κ1) is 13.9. The molecule has 1 aliphatic heterocycles. The maximum atomic E-state index is 13.2. The van der Waals surface area contributed by atoms with E-state index in [-0.39, 0.29) is 11.9 Å². The number of fused-ring (bicyclic) bond motifs is 1. The Morgan fingerprint density at radius 2 is 2.14 bits per heavy atom. The van der Waals surface area contributed by atoms with Crippen LogP contribution in [0.3, 0.4) is 0 Å². The van der Waals surface area contributed by atoms with Gasteiger partial charge in [0.15, 0.2) is 0 Å². The molecule has 0 radical (unpaired) electrons. The molecule has 0 spiro atoms. The maximum Gasteiger partial charge on any atom is 0.144 e. The Morgan fingerprint density at radius 3 is 3.00 bits per heavy atom. The summed E-state index contributed by atoms with van der Waals surface area (Å²) in [6.45, 7) is 1.35. The van der Waals surface area contributed by atoms with Crippen molar-refractivity contribution in [1.29, 1.82) is 0 Å². The number of ether oxygens (including phenoxy) is 2. The molecule has 2 aromatic rings. The summed E-state index contributed by atoms with van der Waals surface area (Å²) in [6, 6.07) is 12.8. The van der Waals surface area contributed by atoms with Crippen LogP contribution in [0.15, 0.2) is 42.5 Å². The number of anilines is 1. The fourth-order valence-corrected chi connectivity index (χ4v) is 2.66. The lowest BCUT2D eigenvalue weighted by Gasteiger charge is -2.26. The van der Waals surface area contributed by atoms with Crippen LogP contribution in [0.25, 0.3) is 0 Å². The summed E-state index contributed by atoms with van der Waals surface area (Å²) in [5, 5.41) is 3.29. The van der Waals surface area contributed by atoms with E-state index in [1.165, 1.54) is 30.4 Å². The minimum absolute atomic E-state index is 0.00436. The van der Waals surface area contributed by atoms with Gasteiger partial charge in [-0.1, -0.05) is 24.3 Å². The van der Waals surface area contributed by atoms with Gasteiger partial charge in [0.25, 0.3) is 0 Å². The van der Waals surface area contributed by atoms with Gasteiger partial charge in [0.05, 0.1) is 25.5 Å². The van der Waals surface area contributed by atoms with E-state index < -0.39 is 0 Å². The van der Waals surface area contributed by atoms with Gasteiger partial charge in [-0.05, 0) is 29.7 Å². The Labute approximate surface area is 123 Å². The Hall–Kier alpha value is -2.07. The molecule has 0 saturated carbocycles. The zero-order valence-corrected chi connectivity index (χ0v) is 11.9. The van der Waals surface area contributed by atoms with Crippen molar-refractivity contribution in [3.05, 3.63) is 59.4 Å². The Balaban J connectivity index is 1.74. The molecule has 1 aliphatic rings. The SMILES string of the molecule is COc1cc(F)ccc1NCC1OCCc2ccccc21. The standard InChI is InChI=1S/C17H18FNO2/c1-20-16-10-13(18)6-7-15(16)19-11-17-14-5-3-2-4-12(14)8-9-21-17/h2-7,10,17,19H,8-9,11H2,1H3. The van der Waals surface area contributed by atoms with Crippen molar-refractivity contribution in [2.24, 2.45) is 0 Å². The molecule has 21 heavy (non-hydrogen) atoms. The van der Waals surface area contributed by atoms with Gasteiger partial charge in [0, 0.05) is 12.6 Å². The van der Waals surface area contributed by atoms with Gasteiger partial charge < -0.3 is 14.8 Å². The number of rotatable bonds is 4. The van der Waals surface area contributed by atoms with Gasteiger partial charge in [-0.3, -0.25) is 0 Å². The number of benzene rings is 2. The molecule has 1 unspecified atom stereocenters. The average Bonchev–Trinajstić information content (AvgIpc) is 2.53. The topological polar surface area (TPSA) is 30.5 Å². The van der Waals surface area contributed by atoms with Crippen LogP contribution in [0.4, 0.5) is 10.1 Å². The smallest absolute Gasteiger partial charge is 0.144 e. The Morgan fingerprint density at radius 1 is 1.29 bits per heavy atom. The van der Waals surface area contributed by atoms with Gasteiger partial charge >= 0.3 is 0 Å². The summed E-state index contributed by atoms with van der Waals surface area (Å²) in [4.78, 5) is 0. The molecule has 1 heterocycles. The van der Waals surface area contributed by atoms with Gasteiger partial charge in [-0.25, -0.2) is 4.39 Å². The van der Waals surface area contributed by atoms with E-state index in [1.807, 2.05) is 6.07 Å². The largest absolute Gasteiger partial charge is 0.494 e. The van der Waals surface area contributed by atoms with Crippen molar-refractivity contribution >= 4 is 5.69 Å². The van der Waals surface area contributed by atoms with Crippen molar-refractivity contribution in [2.75, 3.05) is 25.6 Å². The van der Waals surface area contributed by atoms with Crippen molar-refractivity contribution in [3.63, 3.8) is 0 Å². The lowest BCUT2D eigenvalue weighted by Crippen LogP contribution is -2.22. The summed E-state index contributed by atoms with van der Waals surface area (Å²) in [5.74, 6) is 0.191. The summed E-state index contributed by atoms with van der Waals surface area (Å²) < 4.78 is 24.2. The second-order valence-electron chi connectivity index (χ2n) is 5.03. The highest BCUT2D eigenvalue weighted by molar-refractivity contribution is 5.56. The van der Waals surface area contributed by atoms with Gasteiger partial charge in [0.2, 0.25) is 0 Å². The first-order chi connectivity index (χ1) is 10.3. The van der Waals surface area contributed by atoms with Crippen molar-refractivity contribution in [1.82, 2.24) is 0 Å². The Kier molecular flexibility index (Phi) is 4.06. The lowest BCUT2D eigenvalue weighted by molar-refractivity contribution is 0.0513. The van der Waals surface area contributed by atoms with Crippen molar-refractivity contribution in [3.8, 4) is 5.75 Å². The first-order valence-corrected chi connectivity index (χ1v) is 7.05. The quantitative estimate of drug-likeness (QED) is 0.932. The van der Waals surface area contributed by atoms with E-state index in [4.69, 9.17) is 9.47 Å². The predicted octanol–water partition coefficient (Wildman–Crippen LogP) is 3.56. The molecule has 3 nitrogen and oxygen atoms in total. The fourth-order valence-electron chi connectivity index (χ4n) is 2.66.